The molecule has 0 spiro atoms. The van der Waals surface area contributed by atoms with Crippen molar-refractivity contribution >= 4 is 11.9 Å². The van der Waals surface area contributed by atoms with E-state index in [1.807, 2.05) is 6.08 Å². The van der Waals surface area contributed by atoms with Crippen LogP contribution in [0.1, 0.15) is 348 Å². The Hall–Kier alpha value is -1.40. The number of carbonyl (C=O) groups is 2. The average molecular weight is 961 g/mol. The molecule has 6 heteroatoms. The van der Waals surface area contributed by atoms with Crippen LogP contribution in [0.2, 0.25) is 0 Å². The van der Waals surface area contributed by atoms with Gasteiger partial charge in [0.05, 0.1) is 25.4 Å². The van der Waals surface area contributed by atoms with Gasteiger partial charge in [0.25, 0.3) is 0 Å². The first-order valence-electron chi connectivity index (χ1n) is 31.0. The standard InChI is InChI=1S/C62H121NO5/c1-3-5-7-9-11-13-15-16-17-18-19-20-21-22-25-28-31-35-38-42-46-50-54-60(65)59(58-64)63-61(66)55-51-47-43-39-36-32-29-26-23-24-27-30-33-37-41-45-49-53-57-68-62(67)56-52-48-44-40-34-14-12-10-8-6-4-2/h50,54,59-60,64-65H,3-49,51-53,55-58H2,1-2H3,(H,63,66)/b54-50+. The van der Waals surface area contributed by atoms with Crippen LogP contribution in [0.25, 0.3) is 0 Å². The predicted octanol–water partition coefficient (Wildman–Crippen LogP) is 19.2. The molecule has 0 aromatic carbocycles. The third-order valence-electron chi connectivity index (χ3n) is 14.6. The number of nitrogens with one attached hydrogen (secondary N) is 1. The summed E-state index contributed by atoms with van der Waals surface area (Å²) >= 11 is 0. The Morgan fingerprint density at radius 2 is 0.676 bits per heavy atom. The fraction of sp³-hybridized carbons (Fsp3) is 0.935. The third kappa shape index (κ3) is 53.9. The number of aliphatic hydroxyl groups excluding tert-OH is 2. The molecular weight excluding hydrogens is 839 g/mol. The Bertz CT molecular complexity index is 1020. The largest absolute Gasteiger partial charge is 0.466 e. The minimum atomic E-state index is -0.847. The molecule has 1 amide bonds. The molecular formula is C62H121NO5. The van der Waals surface area contributed by atoms with Gasteiger partial charge in [0.15, 0.2) is 0 Å². The maximum Gasteiger partial charge on any atom is 0.305 e. The van der Waals surface area contributed by atoms with E-state index in [1.54, 1.807) is 6.08 Å². The van der Waals surface area contributed by atoms with Crippen LogP contribution in [-0.2, 0) is 14.3 Å². The summed E-state index contributed by atoms with van der Waals surface area (Å²) in [5.74, 6) is -0.0610. The smallest absolute Gasteiger partial charge is 0.305 e. The number of aliphatic hydroxyl groups is 2. The minimum absolute atomic E-state index is 0.00701. The van der Waals surface area contributed by atoms with Gasteiger partial charge in [-0.3, -0.25) is 9.59 Å². The number of hydrogen-bond acceptors (Lipinski definition) is 5. The van der Waals surface area contributed by atoms with Crippen molar-refractivity contribution in [3.05, 3.63) is 12.2 Å². The monoisotopic (exact) mass is 960 g/mol. The van der Waals surface area contributed by atoms with E-state index in [0.29, 0.717) is 19.4 Å². The van der Waals surface area contributed by atoms with Gasteiger partial charge in [0, 0.05) is 12.8 Å². The maximum atomic E-state index is 12.5. The second-order valence-corrected chi connectivity index (χ2v) is 21.4. The van der Waals surface area contributed by atoms with Gasteiger partial charge in [-0.2, -0.15) is 0 Å². The quantitative estimate of drug-likeness (QED) is 0.0321. The fourth-order valence-corrected chi connectivity index (χ4v) is 9.81. The number of hydrogen-bond donors (Lipinski definition) is 3. The highest BCUT2D eigenvalue weighted by atomic mass is 16.5. The molecule has 0 bridgehead atoms. The number of allylic oxidation sites excluding steroid dienone is 1. The summed E-state index contributed by atoms with van der Waals surface area (Å²) in [7, 11) is 0. The number of amides is 1. The van der Waals surface area contributed by atoms with Gasteiger partial charge >= 0.3 is 5.97 Å². The third-order valence-corrected chi connectivity index (χ3v) is 14.6. The van der Waals surface area contributed by atoms with Crippen LogP contribution in [0.5, 0.6) is 0 Å². The second-order valence-electron chi connectivity index (χ2n) is 21.4. The topological polar surface area (TPSA) is 95.9 Å². The van der Waals surface area contributed by atoms with Crippen molar-refractivity contribution in [3.63, 3.8) is 0 Å². The highest BCUT2D eigenvalue weighted by Gasteiger charge is 2.18. The molecule has 0 fully saturated rings. The van der Waals surface area contributed by atoms with Crippen molar-refractivity contribution in [2.24, 2.45) is 0 Å². The van der Waals surface area contributed by atoms with Gasteiger partial charge in [0.2, 0.25) is 5.91 Å². The molecule has 2 unspecified atom stereocenters. The highest BCUT2D eigenvalue weighted by molar-refractivity contribution is 5.76. The second kappa shape index (κ2) is 58.2. The molecule has 404 valence electrons. The number of carbonyl (C=O) groups excluding carboxylic acids is 2. The van der Waals surface area contributed by atoms with Crippen LogP contribution in [0.4, 0.5) is 0 Å². The lowest BCUT2D eigenvalue weighted by Gasteiger charge is -2.20. The first-order valence-corrected chi connectivity index (χ1v) is 31.0. The van der Waals surface area contributed by atoms with Crippen molar-refractivity contribution in [2.75, 3.05) is 13.2 Å². The number of esters is 1. The van der Waals surface area contributed by atoms with Crippen molar-refractivity contribution in [3.8, 4) is 0 Å². The van der Waals surface area contributed by atoms with E-state index in [2.05, 4.69) is 19.2 Å². The number of rotatable bonds is 58. The molecule has 0 heterocycles. The summed E-state index contributed by atoms with van der Waals surface area (Å²) in [6.45, 7) is 4.92. The average Bonchev–Trinajstić information content (AvgIpc) is 3.34. The normalized spacial score (nSPS) is 12.6. The van der Waals surface area contributed by atoms with E-state index in [1.165, 1.54) is 283 Å². The van der Waals surface area contributed by atoms with Crippen LogP contribution in [0.3, 0.4) is 0 Å². The van der Waals surface area contributed by atoms with Gasteiger partial charge in [-0.15, -0.1) is 0 Å². The molecule has 3 N–H and O–H groups in total. The van der Waals surface area contributed by atoms with Crippen LogP contribution in [0, 0.1) is 0 Å². The lowest BCUT2D eigenvalue weighted by molar-refractivity contribution is -0.143. The van der Waals surface area contributed by atoms with Crippen LogP contribution >= 0.6 is 0 Å². The van der Waals surface area contributed by atoms with Gasteiger partial charge in [0.1, 0.15) is 0 Å². The van der Waals surface area contributed by atoms with Crippen molar-refractivity contribution in [1.29, 1.82) is 0 Å². The Morgan fingerprint density at radius 3 is 1.00 bits per heavy atom. The zero-order chi connectivity index (χ0) is 49.3. The summed E-state index contributed by atoms with van der Waals surface area (Å²) in [5.41, 5.74) is 0. The molecule has 0 aromatic rings. The lowest BCUT2D eigenvalue weighted by atomic mass is 10.0. The van der Waals surface area contributed by atoms with Gasteiger partial charge in [-0.25, -0.2) is 0 Å². The molecule has 0 rings (SSSR count). The molecule has 2 atom stereocenters. The first-order chi connectivity index (χ1) is 33.5. The first kappa shape index (κ1) is 66.6. The van der Waals surface area contributed by atoms with E-state index in [0.717, 1.165) is 38.5 Å². The summed E-state index contributed by atoms with van der Waals surface area (Å²) in [6.07, 6.45) is 69.6. The summed E-state index contributed by atoms with van der Waals surface area (Å²) in [6, 6.07) is -0.631. The molecule has 6 nitrogen and oxygen atoms in total. The van der Waals surface area contributed by atoms with Crippen LogP contribution in [-0.4, -0.2) is 47.4 Å². The molecule has 68 heavy (non-hydrogen) atoms. The molecule has 0 aliphatic heterocycles. The number of unbranched alkanes of at least 4 members (excludes halogenated alkanes) is 47. The Morgan fingerprint density at radius 1 is 0.397 bits per heavy atom. The van der Waals surface area contributed by atoms with Gasteiger partial charge < -0.3 is 20.3 Å². The van der Waals surface area contributed by atoms with E-state index in [9.17, 15) is 19.8 Å². The molecule has 0 saturated carbocycles. The summed E-state index contributed by atoms with van der Waals surface area (Å²) < 4.78 is 5.46. The SMILES string of the molecule is CCCCCCCCCCCCCCCCCCCCCC/C=C/C(O)C(CO)NC(=O)CCCCCCCCCCCCCCCCCCCCOC(=O)CCCCCCCCCCCCC. The maximum absolute atomic E-state index is 12.5. The fourth-order valence-electron chi connectivity index (χ4n) is 9.81. The number of ether oxygens (including phenoxy) is 1. The van der Waals surface area contributed by atoms with E-state index >= 15 is 0 Å². The Kier molecular flexibility index (Phi) is 57.0. The van der Waals surface area contributed by atoms with Gasteiger partial charge in [-0.1, -0.05) is 315 Å². The zero-order valence-corrected chi connectivity index (χ0v) is 46.1. The highest BCUT2D eigenvalue weighted by Crippen LogP contribution is 2.18. The molecule has 0 radical (unpaired) electrons. The van der Waals surface area contributed by atoms with Crippen LogP contribution < -0.4 is 5.32 Å². The van der Waals surface area contributed by atoms with Gasteiger partial charge in [-0.05, 0) is 32.1 Å². The van der Waals surface area contributed by atoms with Crippen LogP contribution in [0.15, 0.2) is 12.2 Å². The molecule has 0 aliphatic carbocycles. The van der Waals surface area contributed by atoms with E-state index in [-0.39, 0.29) is 18.5 Å². The summed E-state index contributed by atoms with van der Waals surface area (Å²) in [4.78, 5) is 24.5. The molecule has 0 aliphatic rings. The molecule has 0 aromatic heterocycles. The molecule has 0 saturated heterocycles. The van der Waals surface area contributed by atoms with Crippen molar-refractivity contribution in [1.82, 2.24) is 5.32 Å². The lowest BCUT2D eigenvalue weighted by Crippen LogP contribution is -2.45. The Labute approximate surface area is 425 Å². The van der Waals surface area contributed by atoms with Crippen molar-refractivity contribution in [2.45, 2.75) is 360 Å². The van der Waals surface area contributed by atoms with E-state index < -0.39 is 12.1 Å². The van der Waals surface area contributed by atoms with Crippen molar-refractivity contribution < 1.29 is 24.5 Å². The predicted molar refractivity (Wildman–Crippen MR) is 297 cm³/mol. The minimum Gasteiger partial charge on any atom is -0.466 e. The summed E-state index contributed by atoms with van der Waals surface area (Å²) in [5, 5.41) is 23.2. The van der Waals surface area contributed by atoms with E-state index in [4.69, 9.17) is 4.74 Å². The zero-order valence-electron chi connectivity index (χ0n) is 46.1. The Balaban J connectivity index is 3.44.